The van der Waals surface area contributed by atoms with Gasteiger partial charge in [0.2, 0.25) is 11.8 Å². The van der Waals surface area contributed by atoms with Crippen molar-refractivity contribution < 1.29 is 19.2 Å². The number of nitrogens with zero attached hydrogens (tertiary/aromatic N) is 10. The zero-order valence-corrected chi connectivity index (χ0v) is 36.4. The number of amides is 4. The number of aryl methyl sites for hydroxylation is 3. The molecule has 3 aromatic carbocycles. The summed E-state index contributed by atoms with van der Waals surface area (Å²) in [5, 5.41) is 27.5. The first-order chi connectivity index (χ1) is 31.7. The van der Waals surface area contributed by atoms with Gasteiger partial charge in [0, 0.05) is 60.6 Å². The van der Waals surface area contributed by atoms with E-state index in [4.69, 9.17) is 4.99 Å². The highest BCUT2D eigenvalue weighted by atomic mass is 16.2. The molecule has 4 aliphatic rings. The van der Waals surface area contributed by atoms with E-state index in [0.29, 0.717) is 17.9 Å². The van der Waals surface area contributed by atoms with Gasteiger partial charge in [0.1, 0.15) is 23.1 Å². The lowest BCUT2D eigenvalue weighted by Crippen LogP contribution is -2.54. The molecule has 4 amide bonds. The molecule has 16 nitrogen and oxygen atoms in total. The highest BCUT2D eigenvalue weighted by Crippen LogP contribution is 2.52. The standard InChI is InChI=1S/C49H48N12O4/c1-31-54-56-48-49(23-24-49)53-44(38-26-34(19-20-40(38)60(31)48)35-27-51-58(2)29-35)33-17-15-32(16-18-33)12-9-7-5-3-4-6-8-10-25-59-30-36(55-57-59)28-50-39-14-11-13-37-43(39)47(65)61(46(37)64)41-21-22-42(62)52-45(41)63/h11,13-20,26-27,29-30,41,50H,3-8,10,21-25,28H2,1-2H3,(H,52,62,63). The van der Waals surface area contributed by atoms with Gasteiger partial charge < -0.3 is 5.32 Å². The predicted octanol–water partition coefficient (Wildman–Crippen LogP) is 6.20. The lowest BCUT2D eigenvalue weighted by atomic mass is 9.96. The number of benzene rings is 3. The fourth-order valence-corrected chi connectivity index (χ4v) is 9.07. The third-order valence-corrected chi connectivity index (χ3v) is 12.7. The number of aliphatic imine (C=N–C) groups is 1. The molecule has 1 unspecified atom stereocenters. The number of hydrogen-bond donors (Lipinski definition) is 2. The summed E-state index contributed by atoms with van der Waals surface area (Å²) in [4.78, 5) is 57.1. The van der Waals surface area contributed by atoms with Crippen LogP contribution in [-0.4, -0.2) is 79.8 Å². The molecule has 328 valence electrons. The maximum absolute atomic E-state index is 13.4. The Labute approximate surface area is 375 Å². The van der Waals surface area contributed by atoms with E-state index < -0.39 is 29.7 Å². The van der Waals surface area contributed by atoms with Gasteiger partial charge in [-0.05, 0) is 81.0 Å². The molecule has 1 atom stereocenters. The molecule has 1 spiro atoms. The molecule has 16 heteroatoms. The number of nitrogens with one attached hydrogen (secondary N) is 2. The quantitative estimate of drug-likeness (QED) is 0.0725. The number of aromatic nitrogens is 8. The van der Waals surface area contributed by atoms with Crippen LogP contribution >= 0.6 is 0 Å². The number of rotatable bonds is 14. The lowest BCUT2D eigenvalue weighted by molar-refractivity contribution is -0.136. The molecule has 1 saturated heterocycles. The van der Waals surface area contributed by atoms with Gasteiger partial charge in [-0.15, -0.1) is 15.3 Å². The largest absolute Gasteiger partial charge is 0.379 e. The molecule has 1 aliphatic carbocycles. The van der Waals surface area contributed by atoms with Gasteiger partial charge in [-0.1, -0.05) is 67.0 Å². The van der Waals surface area contributed by atoms with Crippen molar-refractivity contribution in [3.63, 3.8) is 0 Å². The van der Waals surface area contributed by atoms with E-state index in [0.717, 1.165) is 120 Å². The molecule has 6 aromatic rings. The molecule has 0 bridgehead atoms. The third kappa shape index (κ3) is 8.14. The lowest BCUT2D eigenvalue weighted by Gasteiger charge is -2.27. The Morgan fingerprint density at radius 2 is 1.65 bits per heavy atom. The van der Waals surface area contributed by atoms with Gasteiger partial charge in [-0.25, -0.2) is 0 Å². The van der Waals surface area contributed by atoms with Crippen LogP contribution in [-0.2, 0) is 35.3 Å². The molecule has 65 heavy (non-hydrogen) atoms. The van der Waals surface area contributed by atoms with Crippen LogP contribution in [0.2, 0.25) is 0 Å². The molecule has 10 rings (SSSR count). The molecule has 0 radical (unpaired) electrons. The maximum atomic E-state index is 13.4. The molecular weight excluding hydrogens is 821 g/mol. The van der Waals surface area contributed by atoms with E-state index in [2.05, 4.69) is 95.1 Å². The third-order valence-electron chi connectivity index (χ3n) is 12.7. The van der Waals surface area contributed by atoms with Crippen LogP contribution in [0.4, 0.5) is 5.69 Å². The minimum atomic E-state index is -1.02. The first-order valence-corrected chi connectivity index (χ1v) is 22.4. The van der Waals surface area contributed by atoms with E-state index in [1.165, 1.54) is 0 Å². The summed E-state index contributed by atoms with van der Waals surface area (Å²) >= 11 is 0. The average molecular weight is 869 g/mol. The van der Waals surface area contributed by atoms with Gasteiger partial charge in [0.05, 0.1) is 41.5 Å². The van der Waals surface area contributed by atoms with Crippen molar-refractivity contribution >= 4 is 35.0 Å². The van der Waals surface area contributed by atoms with Gasteiger partial charge in [-0.2, -0.15) is 5.10 Å². The fraction of sp³-hybridized carbons (Fsp3) is 0.347. The highest BCUT2D eigenvalue weighted by Gasteiger charge is 2.51. The number of fused-ring (bicyclic) bond motifs is 5. The second-order valence-corrected chi connectivity index (χ2v) is 17.3. The minimum Gasteiger partial charge on any atom is -0.379 e. The SMILES string of the molecule is Cc1nnc2n1-c1ccc(-c3cnn(C)c3)cc1C(c1ccc(C#CCCCCCCCCn3cc(CNc4cccc5c4C(=O)N(C4CCC(=O)NC4=O)C5=O)nn3)cc1)=NC21CC1. The van der Waals surface area contributed by atoms with Crippen LogP contribution < -0.4 is 10.6 Å². The first-order valence-electron chi connectivity index (χ1n) is 22.4. The summed E-state index contributed by atoms with van der Waals surface area (Å²) in [6, 6.07) is 19.0. The van der Waals surface area contributed by atoms with Gasteiger partial charge >= 0.3 is 0 Å². The van der Waals surface area contributed by atoms with Gasteiger partial charge in [0.15, 0.2) is 5.82 Å². The zero-order valence-electron chi connectivity index (χ0n) is 36.4. The highest BCUT2D eigenvalue weighted by molar-refractivity contribution is 6.25. The van der Waals surface area contributed by atoms with Crippen LogP contribution in [0.5, 0.6) is 0 Å². The molecule has 3 aliphatic heterocycles. The second-order valence-electron chi connectivity index (χ2n) is 17.3. The fourth-order valence-electron chi connectivity index (χ4n) is 9.07. The molecule has 3 aromatic heterocycles. The predicted molar refractivity (Wildman–Crippen MR) is 241 cm³/mol. The summed E-state index contributed by atoms with van der Waals surface area (Å²) < 4.78 is 5.83. The summed E-state index contributed by atoms with van der Waals surface area (Å²) in [7, 11) is 1.93. The average Bonchev–Trinajstić information content (AvgIpc) is 3.55. The molecular formula is C49H48N12O4. The number of imide groups is 2. The van der Waals surface area contributed by atoms with E-state index >= 15 is 0 Å². The first kappa shape index (κ1) is 41.5. The summed E-state index contributed by atoms with van der Waals surface area (Å²) in [5.41, 5.74) is 8.47. The van der Waals surface area contributed by atoms with Crippen LogP contribution in [0, 0.1) is 18.8 Å². The van der Waals surface area contributed by atoms with Crippen molar-refractivity contribution in [2.45, 2.75) is 102 Å². The van der Waals surface area contributed by atoms with Crippen molar-refractivity contribution in [2.75, 3.05) is 5.32 Å². The van der Waals surface area contributed by atoms with Gasteiger partial charge in [-0.3, -0.25) is 48.3 Å². The van der Waals surface area contributed by atoms with E-state index in [9.17, 15) is 19.2 Å². The van der Waals surface area contributed by atoms with Gasteiger partial charge in [0.25, 0.3) is 11.8 Å². The van der Waals surface area contributed by atoms with Crippen LogP contribution in [0.25, 0.3) is 16.8 Å². The Hall–Kier alpha value is -7.54. The van der Waals surface area contributed by atoms with Crippen LogP contribution in [0.15, 0.2) is 84.2 Å². The minimum absolute atomic E-state index is 0.0677. The molecule has 6 heterocycles. The Bertz CT molecular complexity index is 2960. The zero-order chi connectivity index (χ0) is 44.7. The normalized spacial score (nSPS) is 16.9. The van der Waals surface area contributed by atoms with Crippen molar-refractivity contribution in [1.82, 2.24) is 49.8 Å². The topological polar surface area (TPSA) is 187 Å². The molecule has 2 fully saturated rings. The second kappa shape index (κ2) is 17.2. The number of hydrogen-bond acceptors (Lipinski definition) is 11. The number of carbonyl (C=O) groups is 4. The van der Waals surface area contributed by atoms with Crippen LogP contribution in [0.1, 0.15) is 125 Å². The summed E-state index contributed by atoms with van der Waals surface area (Å²) in [6.07, 6.45) is 15.3. The summed E-state index contributed by atoms with van der Waals surface area (Å²) in [5.74, 6) is 6.38. The van der Waals surface area contributed by atoms with E-state index in [-0.39, 0.29) is 29.5 Å². The Morgan fingerprint density at radius 1 is 0.846 bits per heavy atom. The number of anilines is 1. The van der Waals surface area contributed by atoms with E-state index in [1.54, 1.807) is 18.2 Å². The van der Waals surface area contributed by atoms with Crippen molar-refractivity contribution in [3.8, 4) is 28.7 Å². The number of carbonyl (C=O) groups excluding carboxylic acids is 4. The number of unbranched alkanes of at least 4 members (excludes halogenated alkanes) is 6. The Balaban J connectivity index is 0.673. The Kier molecular flexibility index (Phi) is 11.0. The van der Waals surface area contributed by atoms with Crippen molar-refractivity contribution in [2.24, 2.45) is 12.0 Å². The Morgan fingerprint density at radius 3 is 2.43 bits per heavy atom. The monoisotopic (exact) mass is 868 g/mol. The number of piperidine rings is 1. The van der Waals surface area contributed by atoms with E-state index in [1.807, 2.05) is 41.9 Å². The van der Waals surface area contributed by atoms with Crippen molar-refractivity contribution in [1.29, 1.82) is 0 Å². The molecule has 1 saturated carbocycles. The maximum Gasteiger partial charge on any atom is 0.264 e. The van der Waals surface area contributed by atoms with Crippen molar-refractivity contribution in [3.05, 3.63) is 124 Å². The van der Waals surface area contributed by atoms with Crippen LogP contribution in [0.3, 0.4) is 0 Å². The molecule has 2 N–H and O–H groups in total. The smallest absolute Gasteiger partial charge is 0.264 e. The summed E-state index contributed by atoms with van der Waals surface area (Å²) in [6.45, 7) is 3.06.